The van der Waals surface area contributed by atoms with Crippen LogP contribution in [0.15, 0.2) is 18.3 Å². The van der Waals surface area contributed by atoms with Crippen molar-refractivity contribution in [3.63, 3.8) is 0 Å². The number of ether oxygens (including phenoxy) is 1. The first-order valence-electron chi connectivity index (χ1n) is 4.22. The highest BCUT2D eigenvalue weighted by atomic mass is 16.5. The van der Waals surface area contributed by atoms with E-state index >= 15 is 0 Å². The van der Waals surface area contributed by atoms with Gasteiger partial charge in [0.2, 0.25) is 0 Å². The zero-order valence-electron chi connectivity index (χ0n) is 7.94. The Morgan fingerprint density at radius 2 is 2.40 bits per heavy atom. The summed E-state index contributed by atoms with van der Waals surface area (Å²) in [5.74, 6) is -0.525. The molecule has 1 aromatic carbocycles. The summed E-state index contributed by atoms with van der Waals surface area (Å²) in [7, 11) is 1.28. The van der Waals surface area contributed by atoms with Crippen LogP contribution >= 0.6 is 0 Å². The third-order valence-electron chi connectivity index (χ3n) is 2.10. The molecule has 0 aliphatic rings. The van der Waals surface area contributed by atoms with Gasteiger partial charge in [-0.05, 0) is 12.1 Å². The van der Waals surface area contributed by atoms with Gasteiger partial charge in [0.1, 0.15) is 6.07 Å². The van der Waals surface area contributed by atoms with Gasteiger partial charge in [-0.25, -0.2) is 4.79 Å². The fourth-order valence-electron chi connectivity index (χ4n) is 1.36. The number of carbonyl (C=O) groups is 1. The summed E-state index contributed by atoms with van der Waals surface area (Å²) in [6, 6.07) is 5.11. The van der Waals surface area contributed by atoms with Gasteiger partial charge < -0.3 is 4.74 Å². The zero-order chi connectivity index (χ0) is 10.8. The van der Waals surface area contributed by atoms with E-state index in [2.05, 4.69) is 14.9 Å². The van der Waals surface area contributed by atoms with Crippen LogP contribution in [0, 0.1) is 11.3 Å². The molecular weight excluding hydrogens is 194 g/mol. The average Bonchev–Trinajstić information content (AvgIpc) is 2.73. The highest BCUT2D eigenvalue weighted by Crippen LogP contribution is 2.18. The molecule has 15 heavy (non-hydrogen) atoms. The number of nitrogens with zero attached hydrogens (tertiary/aromatic N) is 2. The quantitative estimate of drug-likeness (QED) is 0.703. The fraction of sp³-hybridized carbons (Fsp3) is 0.100. The summed E-state index contributed by atoms with van der Waals surface area (Å²) in [5, 5.41) is 16.2. The Hall–Kier alpha value is -2.35. The highest BCUT2D eigenvalue weighted by Gasteiger charge is 2.13. The van der Waals surface area contributed by atoms with Gasteiger partial charge in [0, 0.05) is 5.39 Å². The summed E-state index contributed by atoms with van der Waals surface area (Å²) >= 11 is 0. The molecule has 2 rings (SSSR count). The number of benzene rings is 1. The summed E-state index contributed by atoms with van der Waals surface area (Å²) in [6.45, 7) is 0. The Morgan fingerprint density at radius 1 is 1.60 bits per heavy atom. The second-order valence-corrected chi connectivity index (χ2v) is 2.96. The molecule has 0 bridgehead atoms. The predicted octanol–water partition coefficient (Wildman–Crippen LogP) is 1.22. The van der Waals surface area contributed by atoms with E-state index in [0.29, 0.717) is 5.52 Å². The Balaban J connectivity index is 2.71. The second-order valence-electron chi connectivity index (χ2n) is 2.96. The van der Waals surface area contributed by atoms with Crippen LogP contribution in [0.4, 0.5) is 0 Å². The van der Waals surface area contributed by atoms with E-state index in [-0.39, 0.29) is 11.1 Å². The Morgan fingerprint density at radius 3 is 3.07 bits per heavy atom. The molecule has 0 radical (unpaired) electrons. The molecule has 0 saturated carbocycles. The monoisotopic (exact) mass is 201 g/mol. The summed E-state index contributed by atoms with van der Waals surface area (Å²) < 4.78 is 4.58. The van der Waals surface area contributed by atoms with Crippen molar-refractivity contribution in [2.75, 3.05) is 7.11 Å². The first-order chi connectivity index (χ1) is 7.26. The molecule has 74 valence electrons. The molecule has 5 nitrogen and oxygen atoms in total. The molecule has 0 fully saturated rings. The molecule has 0 unspecified atom stereocenters. The standard InChI is InChI=1S/C10H7N3O2/c1-15-10(14)8-3-9-7(5-12-13-9)2-6(8)4-11/h2-3,5H,1H3,(H,12,13). The molecule has 0 atom stereocenters. The normalized spacial score (nSPS) is 9.87. The maximum absolute atomic E-state index is 11.4. The van der Waals surface area contributed by atoms with Gasteiger partial charge in [-0.2, -0.15) is 10.4 Å². The molecule has 1 N–H and O–H groups in total. The minimum atomic E-state index is -0.525. The fourth-order valence-corrected chi connectivity index (χ4v) is 1.36. The Labute approximate surface area is 85.3 Å². The largest absolute Gasteiger partial charge is 0.465 e. The lowest BCUT2D eigenvalue weighted by atomic mass is 10.1. The average molecular weight is 201 g/mol. The second kappa shape index (κ2) is 3.42. The van der Waals surface area contributed by atoms with Crippen molar-refractivity contribution in [3.05, 3.63) is 29.5 Å². The number of hydrogen-bond acceptors (Lipinski definition) is 4. The van der Waals surface area contributed by atoms with Gasteiger partial charge >= 0.3 is 5.97 Å². The van der Waals surface area contributed by atoms with Crippen LogP contribution < -0.4 is 0 Å². The van der Waals surface area contributed by atoms with Gasteiger partial charge in [0.15, 0.2) is 0 Å². The van der Waals surface area contributed by atoms with E-state index < -0.39 is 5.97 Å². The summed E-state index contributed by atoms with van der Waals surface area (Å²) in [6.07, 6.45) is 1.59. The number of fused-ring (bicyclic) bond motifs is 1. The minimum absolute atomic E-state index is 0.247. The summed E-state index contributed by atoms with van der Waals surface area (Å²) in [5.41, 5.74) is 1.24. The third kappa shape index (κ3) is 1.42. The number of methoxy groups -OCH3 is 1. The van der Waals surface area contributed by atoms with Crippen LogP contribution in [-0.2, 0) is 4.74 Å². The minimum Gasteiger partial charge on any atom is -0.465 e. The van der Waals surface area contributed by atoms with Crippen LogP contribution in [0.1, 0.15) is 15.9 Å². The summed E-state index contributed by atoms with van der Waals surface area (Å²) in [4.78, 5) is 11.4. The lowest BCUT2D eigenvalue weighted by molar-refractivity contribution is 0.0600. The van der Waals surface area contributed by atoms with Crippen LogP contribution in [0.2, 0.25) is 0 Å². The number of rotatable bonds is 1. The molecule has 0 aliphatic heterocycles. The lowest BCUT2D eigenvalue weighted by Gasteiger charge is -2.01. The SMILES string of the molecule is COC(=O)c1cc2[nH]ncc2cc1C#N. The number of esters is 1. The molecule has 1 aromatic heterocycles. The van der Waals surface area contributed by atoms with E-state index in [1.807, 2.05) is 6.07 Å². The maximum Gasteiger partial charge on any atom is 0.339 e. The molecule has 0 spiro atoms. The molecule has 2 aromatic rings. The highest BCUT2D eigenvalue weighted by molar-refractivity contribution is 5.97. The zero-order valence-corrected chi connectivity index (χ0v) is 7.94. The number of nitriles is 1. The van der Waals surface area contributed by atoms with Gasteiger partial charge in [-0.15, -0.1) is 0 Å². The number of hydrogen-bond donors (Lipinski definition) is 1. The molecule has 1 heterocycles. The maximum atomic E-state index is 11.4. The van der Waals surface area contributed by atoms with Gasteiger partial charge in [0.05, 0.1) is 30.0 Å². The molecule has 0 amide bonds. The van der Waals surface area contributed by atoms with Crippen molar-refractivity contribution >= 4 is 16.9 Å². The molecular formula is C10H7N3O2. The van der Waals surface area contributed by atoms with Gasteiger partial charge in [-0.3, -0.25) is 5.10 Å². The van der Waals surface area contributed by atoms with E-state index in [1.165, 1.54) is 7.11 Å². The van der Waals surface area contributed by atoms with Crippen molar-refractivity contribution in [2.45, 2.75) is 0 Å². The third-order valence-corrected chi connectivity index (χ3v) is 2.10. The molecule has 0 aliphatic carbocycles. The van der Waals surface area contributed by atoms with Gasteiger partial charge in [-0.1, -0.05) is 0 Å². The van der Waals surface area contributed by atoms with Crippen LogP contribution in [0.25, 0.3) is 10.9 Å². The van der Waals surface area contributed by atoms with E-state index in [4.69, 9.17) is 5.26 Å². The Bertz CT molecular complexity index is 566. The van der Waals surface area contributed by atoms with E-state index in [1.54, 1.807) is 18.3 Å². The number of aromatic nitrogens is 2. The first kappa shape index (κ1) is 9.21. The molecule has 5 heteroatoms. The van der Waals surface area contributed by atoms with E-state index in [0.717, 1.165) is 5.39 Å². The predicted molar refractivity (Wildman–Crippen MR) is 52.1 cm³/mol. The van der Waals surface area contributed by atoms with Crippen molar-refractivity contribution in [1.29, 1.82) is 5.26 Å². The van der Waals surface area contributed by atoms with Crippen LogP contribution in [0.5, 0.6) is 0 Å². The molecule has 0 saturated heterocycles. The number of aromatic amines is 1. The van der Waals surface area contributed by atoms with Crippen molar-refractivity contribution in [2.24, 2.45) is 0 Å². The van der Waals surface area contributed by atoms with Gasteiger partial charge in [0.25, 0.3) is 0 Å². The first-order valence-corrected chi connectivity index (χ1v) is 4.22. The number of H-pyrrole nitrogens is 1. The topological polar surface area (TPSA) is 78.8 Å². The van der Waals surface area contributed by atoms with Crippen molar-refractivity contribution in [1.82, 2.24) is 10.2 Å². The van der Waals surface area contributed by atoms with Crippen molar-refractivity contribution in [3.8, 4) is 6.07 Å². The van der Waals surface area contributed by atoms with Crippen LogP contribution in [0.3, 0.4) is 0 Å². The van der Waals surface area contributed by atoms with Crippen LogP contribution in [-0.4, -0.2) is 23.3 Å². The van der Waals surface area contributed by atoms with Crippen molar-refractivity contribution < 1.29 is 9.53 Å². The Kier molecular flexibility index (Phi) is 2.10. The smallest absolute Gasteiger partial charge is 0.339 e. The van der Waals surface area contributed by atoms with E-state index in [9.17, 15) is 4.79 Å². The number of nitrogens with one attached hydrogen (secondary N) is 1. The lowest BCUT2D eigenvalue weighted by Crippen LogP contribution is -2.03. The number of carbonyl (C=O) groups excluding carboxylic acids is 1.